The van der Waals surface area contributed by atoms with Gasteiger partial charge in [-0.3, -0.25) is 4.21 Å². The van der Waals surface area contributed by atoms with Gasteiger partial charge in [-0.1, -0.05) is 23.7 Å². The van der Waals surface area contributed by atoms with Crippen molar-refractivity contribution in [1.29, 1.82) is 0 Å². The maximum Gasteiger partial charge on any atom is 0.228 e. The van der Waals surface area contributed by atoms with Gasteiger partial charge in [-0.05, 0) is 61.4 Å². The Bertz CT molecular complexity index is 1210. The van der Waals surface area contributed by atoms with Crippen molar-refractivity contribution < 1.29 is 9.32 Å². The van der Waals surface area contributed by atoms with Crippen LogP contribution in [-0.4, -0.2) is 37.2 Å². The molecule has 33 heavy (non-hydrogen) atoms. The van der Waals surface area contributed by atoms with Crippen molar-refractivity contribution in [2.75, 3.05) is 22.6 Å². The van der Waals surface area contributed by atoms with Crippen LogP contribution in [0.2, 0.25) is 5.02 Å². The molecular weight excluding hydrogens is 476 g/mol. The van der Waals surface area contributed by atoms with Crippen LogP contribution in [0.15, 0.2) is 35.2 Å². The third-order valence-corrected chi connectivity index (χ3v) is 9.90. The molecule has 6 nitrogen and oxygen atoms in total. The summed E-state index contributed by atoms with van der Waals surface area (Å²) in [5.74, 6) is 1.98. The number of aliphatic hydroxyl groups is 1. The number of halogens is 1. The van der Waals surface area contributed by atoms with Crippen molar-refractivity contribution in [2.45, 2.75) is 55.6 Å². The molecule has 1 saturated carbocycles. The van der Waals surface area contributed by atoms with Gasteiger partial charge in [0.25, 0.3) is 0 Å². The van der Waals surface area contributed by atoms with Crippen LogP contribution in [0.1, 0.15) is 41.8 Å². The standard InChI is InChI=1S/C24H25ClN4O2S2/c25-17-6-4-15(5-7-17)19-11-16-12-29(13-20(16)32-19)23-26-18-3-1-10-33(31)21(18)22(27-23)28-24(14-30)8-2-9-24/h4-7,11,30H,1-3,8-10,12-14H2,(H,26,27,28). The number of thiophene rings is 1. The SMILES string of the molecule is O=S1CCCc2nc(N3Cc4cc(-c5ccc(Cl)cc5)sc4C3)nc(NC3(CO)CCC3)c21. The summed E-state index contributed by atoms with van der Waals surface area (Å²) in [6.07, 6.45) is 4.57. The summed E-state index contributed by atoms with van der Waals surface area (Å²) in [4.78, 5) is 15.2. The zero-order valence-corrected chi connectivity index (χ0v) is 20.5. The molecular formula is C24H25ClN4O2S2. The van der Waals surface area contributed by atoms with Gasteiger partial charge in [-0.2, -0.15) is 4.98 Å². The fourth-order valence-electron chi connectivity index (χ4n) is 4.84. The fraction of sp³-hybridized carbons (Fsp3) is 0.417. The van der Waals surface area contributed by atoms with Gasteiger partial charge in [-0.25, -0.2) is 4.98 Å². The summed E-state index contributed by atoms with van der Waals surface area (Å²) in [6, 6.07) is 10.2. The Labute approximate surface area is 204 Å². The van der Waals surface area contributed by atoms with E-state index in [1.165, 1.54) is 20.9 Å². The molecule has 0 radical (unpaired) electrons. The molecule has 4 heterocycles. The maximum atomic E-state index is 12.9. The second-order valence-electron chi connectivity index (χ2n) is 9.14. The summed E-state index contributed by atoms with van der Waals surface area (Å²) < 4.78 is 12.9. The van der Waals surface area contributed by atoms with Gasteiger partial charge in [0.2, 0.25) is 5.95 Å². The number of nitrogens with zero attached hydrogens (tertiary/aromatic N) is 3. The van der Waals surface area contributed by atoms with Crippen LogP contribution >= 0.6 is 22.9 Å². The molecule has 1 aliphatic carbocycles. The maximum absolute atomic E-state index is 12.9. The summed E-state index contributed by atoms with van der Waals surface area (Å²) in [5.41, 5.74) is 3.02. The Morgan fingerprint density at radius 2 is 2.00 bits per heavy atom. The molecule has 6 rings (SSSR count). The Morgan fingerprint density at radius 3 is 2.70 bits per heavy atom. The average molecular weight is 501 g/mol. The topological polar surface area (TPSA) is 78.4 Å². The van der Waals surface area contributed by atoms with Crippen molar-refractivity contribution >= 4 is 45.5 Å². The predicted octanol–water partition coefficient (Wildman–Crippen LogP) is 4.76. The molecule has 1 atom stereocenters. The molecule has 1 unspecified atom stereocenters. The van der Waals surface area contributed by atoms with Crippen LogP contribution in [0.3, 0.4) is 0 Å². The number of hydrogen-bond donors (Lipinski definition) is 2. The number of fused-ring (bicyclic) bond motifs is 2. The van der Waals surface area contributed by atoms with E-state index in [9.17, 15) is 9.32 Å². The molecule has 0 amide bonds. The number of nitrogens with one attached hydrogen (secondary N) is 1. The smallest absolute Gasteiger partial charge is 0.228 e. The van der Waals surface area contributed by atoms with E-state index in [1.54, 1.807) is 11.3 Å². The lowest BCUT2D eigenvalue weighted by Gasteiger charge is -2.42. The van der Waals surface area contributed by atoms with Crippen molar-refractivity contribution in [2.24, 2.45) is 0 Å². The predicted molar refractivity (Wildman–Crippen MR) is 134 cm³/mol. The zero-order chi connectivity index (χ0) is 22.6. The van der Waals surface area contributed by atoms with E-state index >= 15 is 0 Å². The van der Waals surface area contributed by atoms with Crippen LogP contribution in [0, 0.1) is 0 Å². The van der Waals surface area contributed by atoms with Gasteiger partial charge in [0.1, 0.15) is 10.7 Å². The monoisotopic (exact) mass is 500 g/mol. The molecule has 1 aromatic carbocycles. The lowest BCUT2D eigenvalue weighted by molar-refractivity contribution is 0.143. The minimum atomic E-state index is -1.10. The summed E-state index contributed by atoms with van der Waals surface area (Å²) in [7, 11) is -1.10. The first-order valence-electron chi connectivity index (χ1n) is 11.3. The normalized spacial score (nSPS) is 20.8. The van der Waals surface area contributed by atoms with Crippen molar-refractivity contribution in [3.05, 3.63) is 51.5 Å². The van der Waals surface area contributed by atoms with Crippen LogP contribution in [0.4, 0.5) is 11.8 Å². The molecule has 2 N–H and O–H groups in total. The Hall–Kier alpha value is -2.00. The summed E-state index contributed by atoms with van der Waals surface area (Å²) in [5, 5.41) is 14.2. The molecule has 9 heteroatoms. The molecule has 3 aliphatic rings. The quantitative estimate of drug-likeness (QED) is 0.526. The van der Waals surface area contributed by atoms with E-state index in [1.807, 2.05) is 12.1 Å². The van der Waals surface area contributed by atoms with Crippen LogP contribution < -0.4 is 10.2 Å². The summed E-state index contributed by atoms with van der Waals surface area (Å²) in [6.45, 7) is 1.58. The van der Waals surface area contributed by atoms with E-state index in [0.29, 0.717) is 17.5 Å². The van der Waals surface area contributed by atoms with Gasteiger partial charge in [0.15, 0.2) is 0 Å². The van der Waals surface area contributed by atoms with E-state index in [0.717, 1.165) is 60.8 Å². The fourth-order valence-corrected chi connectivity index (χ4v) is 7.49. The molecule has 2 aromatic heterocycles. The van der Waals surface area contributed by atoms with Crippen LogP contribution in [-0.2, 0) is 30.3 Å². The number of rotatable bonds is 5. The molecule has 0 saturated heterocycles. The highest BCUT2D eigenvalue weighted by atomic mass is 35.5. The summed E-state index contributed by atoms with van der Waals surface area (Å²) >= 11 is 7.84. The van der Waals surface area contributed by atoms with Crippen molar-refractivity contribution in [1.82, 2.24) is 9.97 Å². The van der Waals surface area contributed by atoms with E-state index < -0.39 is 10.8 Å². The van der Waals surface area contributed by atoms with Gasteiger partial charge < -0.3 is 15.3 Å². The van der Waals surface area contributed by atoms with Gasteiger partial charge in [0, 0.05) is 27.1 Å². The molecule has 0 bridgehead atoms. The van der Waals surface area contributed by atoms with E-state index in [4.69, 9.17) is 21.6 Å². The van der Waals surface area contributed by atoms with E-state index in [2.05, 4.69) is 28.4 Å². The van der Waals surface area contributed by atoms with Crippen molar-refractivity contribution in [3.63, 3.8) is 0 Å². The molecule has 172 valence electrons. The molecule has 0 spiro atoms. The third kappa shape index (κ3) is 3.87. The lowest BCUT2D eigenvalue weighted by atomic mass is 9.77. The second kappa shape index (κ2) is 8.34. The minimum absolute atomic E-state index is 0.0578. The van der Waals surface area contributed by atoms with Crippen LogP contribution in [0.5, 0.6) is 0 Å². The minimum Gasteiger partial charge on any atom is -0.394 e. The third-order valence-electron chi connectivity index (χ3n) is 6.90. The van der Waals surface area contributed by atoms with Crippen molar-refractivity contribution in [3.8, 4) is 10.4 Å². The number of aryl methyl sites for hydroxylation is 1. The number of aliphatic hydroxyl groups excluding tert-OH is 1. The van der Waals surface area contributed by atoms with Gasteiger partial charge in [0.05, 0.1) is 35.2 Å². The number of benzene rings is 1. The molecule has 2 aliphatic heterocycles. The first-order valence-corrected chi connectivity index (χ1v) is 13.9. The average Bonchev–Trinajstić information content (AvgIpc) is 3.36. The largest absolute Gasteiger partial charge is 0.394 e. The molecule has 3 aromatic rings. The number of aromatic nitrogens is 2. The highest BCUT2D eigenvalue weighted by molar-refractivity contribution is 7.85. The lowest BCUT2D eigenvalue weighted by Crippen LogP contribution is -2.49. The Kier molecular flexibility index (Phi) is 5.44. The Balaban J connectivity index is 1.30. The first kappa shape index (κ1) is 21.5. The highest BCUT2D eigenvalue weighted by Crippen LogP contribution is 2.41. The first-order chi connectivity index (χ1) is 16.0. The highest BCUT2D eigenvalue weighted by Gasteiger charge is 2.39. The van der Waals surface area contributed by atoms with Gasteiger partial charge >= 0.3 is 0 Å². The molecule has 1 fully saturated rings. The Morgan fingerprint density at radius 1 is 1.18 bits per heavy atom. The van der Waals surface area contributed by atoms with Crippen LogP contribution in [0.25, 0.3) is 10.4 Å². The number of hydrogen-bond acceptors (Lipinski definition) is 7. The van der Waals surface area contributed by atoms with Gasteiger partial charge in [-0.15, -0.1) is 11.3 Å². The number of anilines is 2. The second-order valence-corrected chi connectivity index (χ2v) is 12.2. The zero-order valence-electron chi connectivity index (χ0n) is 18.1. The van der Waals surface area contributed by atoms with E-state index in [-0.39, 0.29) is 12.1 Å².